The summed E-state index contributed by atoms with van der Waals surface area (Å²) in [7, 11) is -3.43. The van der Waals surface area contributed by atoms with Gasteiger partial charge in [-0.25, -0.2) is 13.2 Å². The van der Waals surface area contributed by atoms with E-state index in [0.29, 0.717) is 57.9 Å². The van der Waals surface area contributed by atoms with Crippen molar-refractivity contribution in [2.45, 2.75) is 141 Å². The fraction of sp³-hybridized carbons (Fsp3) is 0.794. The number of allylic oxidation sites excluding steroid dienone is 1. The zero-order chi connectivity index (χ0) is 34.2. The lowest BCUT2D eigenvalue weighted by Crippen LogP contribution is -2.58. The third kappa shape index (κ3) is 10.3. The Balaban J connectivity index is 1.51. The quantitative estimate of drug-likeness (QED) is 0.160. The number of nitrogens with two attached hydrogens (primary N) is 1. The second-order valence-electron chi connectivity index (χ2n) is 14.7. The maximum Gasteiger partial charge on any atom is 0.319 e. The predicted octanol–water partition coefficient (Wildman–Crippen LogP) is 3.39. The Morgan fingerprint density at radius 1 is 0.915 bits per heavy atom. The van der Waals surface area contributed by atoms with Crippen molar-refractivity contribution in [3.05, 3.63) is 11.3 Å². The van der Waals surface area contributed by atoms with Crippen molar-refractivity contribution < 1.29 is 32.4 Å². The number of hydrogen-bond donors (Lipinski definition) is 4. The van der Waals surface area contributed by atoms with Crippen molar-refractivity contribution in [2.75, 3.05) is 18.1 Å². The molecule has 12 nitrogen and oxygen atoms in total. The summed E-state index contributed by atoms with van der Waals surface area (Å²) in [5.41, 5.74) is 5.34. The average molecular weight is 678 g/mol. The van der Waals surface area contributed by atoms with Crippen molar-refractivity contribution in [2.24, 2.45) is 17.6 Å². The van der Waals surface area contributed by atoms with E-state index in [1.165, 1.54) is 4.90 Å². The monoisotopic (exact) mass is 677 g/mol. The van der Waals surface area contributed by atoms with Gasteiger partial charge in [0.2, 0.25) is 11.7 Å². The molecule has 0 spiro atoms. The van der Waals surface area contributed by atoms with E-state index in [4.69, 9.17) is 5.73 Å². The van der Waals surface area contributed by atoms with Gasteiger partial charge in [-0.3, -0.25) is 19.2 Å². The number of Topliss-reactive ketones (excluding diaryl/α,β-unsaturated/α-hetero) is 1. The molecular formula is C34H55N5O7S. The number of likely N-dealkylation sites (tertiary alicyclic amines) is 1. The Labute approximate surface area is 279 Å². The number of carbonyl (C=O) groups excluding carboxylic acids is 5. The molecule has 1 heterocycles. The smallest absolute Gasteiger partial charge is 0.319 e. The maximum atomic E-state index is 14.2. The van der Waals surface area contributed by atoms with Crippen LogP contribution in [0.2, 0.25) is 0 Å². The topological polar surface area (TPSA) is 185 Å². The lowest BCUT2D eigenvalue weighted by atomic mass is 9.80. The Hall–Kier alpha value is -2.96. The highest BCUT2D eigenvalue weighted by atomic mass is 32.2. The summed E-state index contributed by atoms with van der Waals surface area (Å²) in [5.74, 6) is -2.52. The number of primary amides is 1. The van der Waals surface area contributed by atoms with E-state index < -0.39 is 57.0 Å². The van der Waals surface area contributed by atoms with Crippen LogP contribution in [-0.2, 0) is 29.0 Å². The molecule has 0 aromatic carbocycles. The summed E-state index contributed by atoms with van der Waals surface area (Å²) in [5, 5.41) is 8.58. The third-order valence-corrected chi connectivity index (χ3v) is 12.3. The van der Waals surface area contributed by atoms with Crippen LogP contribution in [0.3, 0.4) is 0 Å². The molecule has 264 valence electrons. The zero-order valence-corrected chi connectivity index (χ0v) is 29.1. The SMILES string of the molecule is CC(C)CCS(=O)(=O)CC1(NC(=O)NC(C(=O)N2CCC[C@H]2C(=O)NC(CC2CCC2)C(=O)C(N)=O)=C2CCCCC2)CCCCC1. The fourth-order valence-corrected chi connectivity index (χ4v) is 9.69. The standard InChI is InChI=1S/C34H55N5O7S/c1-23(2)16-20-47(45,46)22-34(17-7-4-8-18-34)38-33(44)37-28(25-13-5-3-6-14-25)32(43)39-19-10-15-27(39)31(42)36-26(29(40)30(35)41)21-24-11-9-12-24/h23-24,26-27H,3-22H2,1-2H3,(H2,35,41)(H,36,42)(H2,37,38,44)/t26?,27-/m0/s1. The molecule has 5 amide bonds. The van der Waals surface area contributed by atoms with E-state index in [-0.39, 0.29) is 29.0 Å². The summed E-state index contributed by atoms with van der Waals surface area (Å²) in [6, 6.07) is -2.52. The second-order valence-corrected chi connectivity index (χ2v) is 16.9. The molecule has 5 N–H and O–H groups in total. The minimum atomic E-state index is -3.43. The molecule has 0 aromatic heterocycles. The van der Waals surface area contributed by atoms with E-state index in [1.54, 1.807) is 0 Å². The molecule has 4 aliphatic rings. The Morgan fingerprint density at radius 2 is 1.57 bits per heavy atom. The van der Waals surface area contributed by atoms with Crippen molar-refractivity contribution >= 4 is 39.4 Å². The van der Waals surface area contributed by atoms with Gasteiger partial charge in [-0.1, -0.05) is 58.8 Å². The number of hydrogen-bond acceptors (Lipinski definition) is 7. The Kier molecular flexibility index (Phi) is 12.9. The first-order chi connectivity index (χ1) is 22.3. The molecule has 0 radical (unpaired) electrons. The number of carbonyl (C=O) groups is 5. The predicted molar refractivity (Wildman–Crippen MR) is 179 cm³/mol. The van der Waals surface area contributed by atoms with Gasteiger partial charge in [0.1, 0.15) is 11.7 Å². The van der Waals surface area contributed by atoms with E-state index >= 15 is 0 Å². The minimum Gasteiger partial charge on any atom is -0.363 e. The van der Waals surface area contributed by atoms with Gasteiger partial charge in [0.25, 0.3) is 11.8 Å². The van der Waals surface area contributed by atoms with Crippen molar-refractivity contribution in [1.29, 1.82) is 0 Å². The van der Waals surface area contributed by atoms with E-state index in [1.807, 2.05) is 13.8 Å². The van der Waals surface area contributed by atoms with Crippen molar-refractivity contribution in [3.63, 3.8) is 0 Å². The first-order valence-electron chi connectivity index (χ1n) is 17.8. The summed E-state index contributed by atoms with van der Waals surface area (Å²) in [6.07, 6.45) is 12.4. The van der Waals surface area contributed by atoms with Crippen LogP contribution in [-0.4, -0.2) is 78.5 Å². The largest absolute Gasteiger partial charge is 0.363 e. The van der Waals surface area contributed by atoms with Crippen LogP contribution in [0, 0.1) is 11.8 Å². The Bertz CT molecular complexity index is 1310. The van der Waals surface area contributed by atoms with Gasteiger partial charge < -0.3 is 26.6 Å². The van der Waals surface area contributed by atoms with Crippen LogP contribution in [0.15, 0.2) is 11.3 Å². The number of nitrogens with one attached hydrogen (secondary N) is 3. The highest BCUT2D eigenvalue weighted by Gasteiger charge is 2.41. The van der Waals surface area contributed by atoms with Gasteiger partial charge in [0.15, 0.2) is 9.84 Å². The van der Waals surface area contributed by atoms with Crippen LogP contribution in [0.4, 0.5) is 4.79 Å². The number of urea groups is 1. The van der Waals surface area contributed by atoms with Gasteiger partial charge in [0.05, 0.1) is 23.1 Å². The molecule has 3 aliphatic carbocycles. The third-order valence-electron chi connectivity index (χ3n) is 10.4. The molecule has 1 unspecified atom stereocenters. The van der Waals surface area contributed by atoms with Crippen LogP contribution in [0.5, 0.6) is 0 Å². The molecule has 2 atom stereocenters. The highest BCUT2D eigenvalue weighted by molar-refractivity contribution is 7.91. The van der Waals surface area contributed by atoms with Gasteiger partial charge in [0, 0.05) is 6.54 Å². The second kappa shape index (κ2) is 16.4. The van der Waals surface area contributed by atoms with Gasteiger partial charge in [-0.15, -0.1) is 0 Å². The molecule has 1 saturated heterocycles. The van der Waals surface area contributed by atoms with Crippen molar-refractivity contribution in [3.8, 4) is 0 Å². The molecular weight excluding hydrogens is 622 g/mol. The number of rotatable bonds is 14. The Morgan fingerprint density at radius 3 is 2.17 bits per heavy atom. The minimum absolute atomic E-state index is 0.0640. The van der Waals surface area contributed by atoms with Gasteiger partial charge in [-0.2, -0.15) is 0 Å². The molecule has 0 bridgehead atoms. The fourth-order valence-electron chi connectivity index (χ4n) is 7.51. The van der Waals surface area contributed by atoms with Crippen molar-refractivity contribution in [1.82, 2.24) is 20.9 Å². The summed E-state index contributed by atoms with van der Waals surface area (Å²) >= 11 is 0. The van der Waals surface area contributed by atoms with Crippen LogP contribution in [0.25, 0.3) is 0 Å². The number of amides is 5. The van der Waals surface area contributed by atoms with Crippen LogP contribution in [0.1, 0.15) is 123 Å². The van der Waals surface area contributed by atoms with E-state index in [2.05, 4.69) is 16.0 Å². The maximum absolute atomic E-state index is 14.2. The van der Waals surface area contributed by atoms with Gasteiger partial charge in [-0.05, 0) is 81.6 Å². The lowest BCUT2D eigenvalue weighted by molar-refractivity contribution is -0.140. The molecule has 3 saturated carbocycles. The molecule has 47 heavy (non-hydrogen) atoms. The number of ketones is 1. The molecule has 13 heteroatoms. The summed E-state index contributed by atoms with van der Waals surface area (Å²) in [4.78, 5) is 67.3. The molecule has 4 rings (SSSR count). The molecule has 0 aromatic rings. The highest BCUT2D eigenvalue weighted by Crippen LogP contribution is 2.33. The van der Waals surface area contributed by atoms with Crippen LogP contribution >= 0.6 is 0 Å². The molecule has 1 aliphatic heterocycles. The first kappa shape index (κ1) is 36.9. The number of nitrogens with zero attached hydrogens (tertiary/aromatic N) is 1. The zero-order valence-electron chi connectivity index (χ0n) is 28.2. The first-order valence-corrected chi connectivity index (χ1v) is 19.6. The van der Waals surface area contributed by atoms with E-state index in [9.17, 15) is 32.4 Å². The summed E-state index contributed by atoms with van der Waals surface area (Å²) < 4.78 is 26.3. The van der Waals surface area contributed by atoms with Crippen LogP contribution < -0.4 is 21.7 Å². The normalized spacial score (nSPS) is 22.2. The molecule has 4 fully saturated rings. The van der Waals surface area contributed by atoms with E-state index in [0.717, 1.165) is 63.4 Å². The van der Waals surface area contributed by atoms with Gasteiger partial charge >= 0.3 is 6.03 Å². The average Bonchev–Trinajstić information content (AvgIpc) is 3.50. The summed E-state index contributed by atoms with van der Waals surface area (Å²) in [6.45, 7) is 4.27. The lowest BCUT2D eigenvalue weighted by Gasteiger charge is -2.38. The number of sulfone groups is 1.